The molecule has 0 bridgehead atoms. The van der Waals surface area contributed by atoms with E-state index in [9.17, 15) is 9.59 Å². The van der Waals surface area contributed by atoms with Crippen LogP contribution in [-0.4, -0.2) is 28.4 Å². The van der Waals surface area contributed by atoms with Gasteiger partial charge in [-0.05, 0) is 30.5 Å². The number of hydrogen-bond acceptors (Lipinski definition) is 4. The van der Waals surface area contributed by atoms with Gasteiger partial charge in [0.25, 0.3) is 11.8 Å². The fourth-order valence-corrected chi connectivity index (χ4v) is 2.95. The van der Waals surface area contributed by atoms with E-state index in [1.54, 1.807) is 11.0 Å². The Bertz CT molecular complexity index is 978. The second-order valence-corrected chi connectivity index (χ2v) is 7.80. The highest BCUT2D eigenvalue weighted by atomic mass is 16.5. The van der Waals surface area contributed by atoms with Gasteiger partial charge in [-0.3, -0.25) is 9.59 Å². The van der Waals surface area contributed by atoms with Gasteiger partial charge in [-0.1, -0.05) is 67.0 Å². The summed E-state index contributed by atoms with van der Waals surface area (Å²) in [5, 5.41) is 6.69. The molecule has 156 valence electrons. The highest BCUT2D eigenvalue weighted by molar-refractivity contribution is 5.94. The number of amides is 2. The third-order valence-corrected chi connectivity index (χ3v) is 4.61. The lowest BCUT2D eigenvalue weighted by atomic mass is 10.1. The zero-order valence-electron chi connectivity index (χ0n) is 17.6. The maximum absolute atomic E-state index is 13.2. The molecule has 6 nitrogen and oxygen atoms in total. The van der Waals surface area contributed by atoms with Crippen molar-refractivity contribution in [3.8, 4) is 0 Å². The van der Waals surface area contributed by atoms with Crippen LogP contribution < -0.4 is 5.32 Å². The van der Waals surface area contributed by atoms with Gasteiger partial charge < -0.3 is 14.7 Å². The number of nitrogens with one attached hydrogen (secondary N) is 1. The van der Waals surface area contributed by atoms with Gasteiger partial charge in [-0.15, -0.1) is 0 Å². The third kappa shape index (κ3) is 5.80. The van der Waals surface area contributed by atoms with E-state index in [2.05, 4.69) is 10.5 Å². The third-order valence-electron chi connectivity index (χ3n) is 4.61. The summed E-state index contributed by atoms with van der Waals surface area (Å²) in [6.07, 6.45) is 0. The molecule has 30 heavy (non-hydrogen) atoms. The zero-order chi connectivity index (χ0) is 21.5. The molecule has 0 unspecified atom stereocenters. The molecule has 0 saturated heterocycles. The Morgan fingerprint density at radius 1 is 1.03 bits per heavy atom. The number of nitrogens with zero attached hydrogens (tertiary/aromatic N) is 2. The smallest absolute Gasteiger partial charge is 0.273 e. The molecule has 0 saturated carbocycles. The summed E-state index contributed by atoms with van der Waals surface area (Å²) >= 11 is 0. The summed E-state index contributed by atoms with van der Waals surface area (Å²) in [4.78, 5) is 27.1. The van der Waals surface area contributed by atoms with Gasteiger partial charge in [-0.25, -0.2) is 0 Å². The van der Waals surface area contributed by atoms with Crippen LogP contribution in [0.3, 0.4) is 0 Å². The summed E-state index contributed by atoms with van der Waals surface area (Å²) < 4.78 is 5.36. The minimum Gasteiger partial charge on any atom is -0.359 e. The molecule has 6 heteroatoms. The molecule has 2 amide bonds. The second-order valence-electron chi connectivity index (χ2n) is 7.80. The van der Waals surface area contributed by atoms with Crippen molar-refractivity contribution in [2.45, 2.75) is 33.9 Å². The number of hydrogen-bond donors (Lipinski definition) is 1. The molecule has 1 heterocycles. The first-order valence-corrected chi connectivity index (χ1v) is 10.1. The summed E-state index contributed by atoms with van der Waals surface area (Å²) in [6.45, 7) is 7.22. The highest BCUT2D eigenvalue weighted by Crippen LogP contribution is 2.16. The molecule has 3 rings (SSSR count). The molecule has 1 N–H and O–H groups in total. The average molecular weight is 405 g/mol. The van der Waals surface area contributed by atoms with E-state index >= 15 is 0 Å². The summed E-state index contributed by atoms with van der Waals surface area (Å²) in [5.74, 6) is 0.411. The van der Waals surface area contributed by atoms with Crippen molar-refractivity contribution in [3.63, 3.8) is 0 Å². The zero-order valence-corrected chi connectivity index (χ0v) is 17.6. The van der Waals surface area contributed by atoms with E-state index in [1.165, 1.54) is 0 Å². The number of carbonyl (C=O) groups is 2. The van der Waals surface area contributed by atoms with Crippen LogP contribution in [0.4, 0.5) is 0 Å². The quantitative estimate of drug-likeness (QED) is 0.609. The van der Waals surface area contributed by atoms with Crippen LogP contribution in [-0.2, 0) is 13.1 Å². The number of carbonyl (C=O) groups excluding carboxylic acids is 2. The fraction of sp³-hybridized carbons (Fsp3) is 0.292. The van der Waals surface area contributed by atoms with Crippen molar-refractivity contribution < 1.29 is 14.1 Å². The van der Waals surface area contributed by atoms with E-state index in [1.807, 2.05) is 75.4 Å². The first kappa shape index (κ1) is 21.3. The number of aryl methyl sites for hydroxylation is 1. The van der Waals surface area contributed by atoms with E-state index < -0.39 is 0 Å². The molecule has 2 aromatic carbocycles. The predicted octanol–water partition coefficient (Wildman–Crippen LogP) is 4.21. The van der Waals surface area contributed by atoms with E-state index in [0.29, 0.717) is 30.3 Å². The van der Waals surface area contributed by atoms with E-state index in [0.717, 1.165) is 11.1 Å². The topological polar surface area (TPSA) is 75.4 Å². The average Bonchev–Trinajstić information content (AvgIpc) is 3.21. The monoisotopic (exact) mass is 405 g/mol. The largest absolute Gasteiger partial charge is 0.359 e. The van der Waals surface area contributed by atoms with Gasteiger partial charge in [0.05, 0.1) is 6.54 Å². The van der Waals surface area contributed by atoms with Crippen LogP contribution in [0.15, 0.2) is 65.2 Å². The Kier molecular flexibility index (Phi) is 7.01. The van der Waals surface area contributed by atoms with Crippen molar-refractivity contribution in [2.24, 2.45) is 5.92 Å². The summed E-state index contributed by atoms with van der Waals surface area (Å²) in [5.41, 5.74) is 2.92. The summed E-state index contributed by atoms with van der Waals surface area (Å²) in [7, 11) is 0. The first-order valence-electron chi connectivity index (χ1n) is 10.1. The molecular formula is C24H27N3O3. The lowest BCUT2D eigenvalue weighted by Gasteiger charge is -2.22. The standard InChI is InChI=1S/C24H27N3O3/c1-17(2)14-25-23(28)22-13-21(30-26-22)16-27(15-19-7-5-4-6-8-19)24(29)20-11-9-18(3)10-12-20/h4-13,17H,14-16H2,1-3H3,(H,25,28). The molecule has 0 spiro atoms. The number of benzene rings is 2. The lowest BCUT2D eigenvalue weighted by Crippen LogP contribution is -2.30. The molecule has 0 radical (unpaired) electrons. The molecule has 0 fully saturated rings. The summed E-state index contributed by atoms with van der Waals surface area (Å²) in [6, 6.07) is 18.8. The minimum atomic E-state index is -0.279. The van der Waals surface area contributed by atoms with Crippen LogP contribution >= 0.6 is 0 Å². The molecule has 1 aromatic heterocycles. The number of aromatic nitrogens is 1. The van der Waals surface area contributed by atoms with Crippen LogP contribution in [0.1, 0.15) is 51.6 Å². The predicted molar refractivity (Wildman–Crippen MR) is 115 cm³/mol. The minimum absolute atomic E-state index is 0.110. The van der Waals surface area contributed by atoms with Gasteiger partial charge in [0.1, 0.15) is 0 Å². The van der Waals surface area contributed by atoms with E-state index in [-0.39, 0.29) is 24.1 Å². The Balaban J connectivity index is 1.78. The molecule has 0 aliphatic carbocycles. The van der Waals surface area contributed by atoms with Gasteiger partial charge >= 0.3 is 0 Å². The van der Waals surface area contributed by atoms with Crippen LogP contribution in [0.2, 0.25) is 0 Å². The van der Waals surface area contributed by atoms with Crippen molar-refractivity contribution in [2.75, 3.05) is 6.54 Å². The van der Waals surface area contributed by atoms with Crippen molar-refractivity contribution in [1.29, 1.82) is 0 Å². The first-order chi connectivity index (χ1) is 14.4. The van der Waals surface area contributed by atoms with E-state index in [4.69, 9.17) is 4.52 Å². The van der Waals surface area contributed by atoms with Gasteiger partial charge in [-0.2, -0.15) is 0 Å². The Labute approximate surface area is 176 Å². The fourth-order valence-electron chi connectivity index (χ4n) is 2.95. The highest BCUT2D eigenvalue weighted by Gasteiger charge is 2.20. The van der Waals surface area contributed by atoms with Crippen LogP contribution in [0, 0.1) is 12.8 Å². The molecule has 0 aliphatic rings. The normalized spacial score (nSPS) is 10.8. The maximum atomic E-state index is 13.2. The van der Waals surface area contributed by atoms with Gasteiger partial charge in [0.2, 0.25) is 0 Å². The molecule has 3 aromatic rings. The van der Waals surface area contributed by atoms with Gasteiger partial charge in [0.15, 0.2) is 11.5 Å². The Morgan fingerprint density at radius 2 is 1.73 bits per heavy atom. The van der Waals surface area contributed by atoms with Gasteiger partial charge in [0, 0.05) is 24.7 Å². The number of rotatable bonds is 8. The molecular weight excluding hydrogens is 378 g/mol. The maximum Gasteiger partial charge on any atom is 0.273 e. The molecule has 0 aliphatic heterocycles. The van der Waals surface area contributed by atoms with Crippen LogP contribution in [0.5, 0.6) is 0 Å². The Hall–Kier alpha value is -3.41. The molecule has 0 atom stereocenters. The lowest BCUT2D eigenvalue weighted by molar-refractivity contribution is 0.0713. The Morgan fingerprint density at radius 3 is 2.40 bits per heavy atom. The van der Waals surface area contributed by atoms with Crippen LogP contribution in [0.25, 0.3) is 0 Å². The second kappa shape index (κ2) is 9.87. The van der Waals surface area contributed by atoms with Crippen molar-refractivity contribution >= 4 is 11.8 Å². The van der Waals surface area contributed by atoms with Crippen molar-refractivity contribution in [3.05, 3.63) is 88.8 Å². The SMILES string of the molecule is Cc1ccc(C(=O)N(Cc2ccccc2)Cc2cc(C(=O)NCC(C)C)no2)cc1. The van der Waals surface area contributed by atoms with Crippen molar-refractivity contribution in [1.82, 2.24) is 15.4 Å².